The van der Waals surface area contributed by atoms with Gasteiger partial charge in [0.2, 0.25) is 0 Å². The van der Waals surface area contributed by atoms with Gasteiger partial charge in [-0.25, -0.2) is 0 Å². The molecule has 7 heteroatoms. The summed E-state index contributed by atoms with van der Waals surface area (Å²) < 4.78 is 21.3. The second-order valence-corrected chi connectivity index (χ2v) is 25.0. The quantitative estimate of drug-likeness (QED) is 0.0552. The van der Waals surface area contributed by atoms with E-state index in [1.165, 1.54) is 26.3 Å². The fraction of sp³-hybridized carbons (Fsp3) is 0.354. The lowest BCUT2D eigenvalue weighted by molar-refractivity contribution is -0.145. The Morgan fingerprint density at radius 3 is 1.29 bits per heavy atom. The Bertz CT molecular complexity index is 1780. The van der Waals surface area contributed by atoms with E-state index in [0.717, 1.165) is 19.5 Å². The highest BCUT2D eigenvalue weighted by Gasteiger charge is 2.54. The molecule has 0 aliphatic rings. The van der Waals surface area contributed by atoms with Crippen molar-refractivity contribution in [2.24, 2.45) is 0 Å². The maximum absolute atomic E-state index is 13.6. The Labute approximate surface area is 332 Å². The third kappa shape index (κ3) is 10.2. The molecule has 0 amide bonds. The van der Waals surface area contributed by atoms with E-state index in [9.17, 15) is 4.79 Å². The van der Waals surface area contributed by atoms with Crippen LogP contribution in [0.1, 0.15) is 73.3 Å². The highest BCUT2D eigenvalue weighted by atomic mass is 28.4. The molecular formula is C48H61NO4Si2. The molecule has 0 spiro atoms. The summed E-state index contributed by atoms with van der Waals surface area (Å²) in [6.07, 6.45) is 0.688. The fourth-order valence-corrected chi connectivity index (χ4v) is 17.5. The third-order valence-electron chi connectivity index (χ3n) is 10.6. The van der Waals surface area contributed by atoms with E-state index in [4.69, 9.17) is 13.6 Å². The number of hydrogen-bond donors (Lipinski definition) is 1. The van der Waals surface area contributed by atoms with E-state index in [-0.39, 0.29) is 28.6 Å². The van der Waals surface area contributed by atoms with Crippen LogP contribution in [0, 0.1) is 0 Å². The number of ether oxygens (including phenoxy) is 1. The summed E-state index contributed by atoms with van der Waals surface area (Å²) in [7, 11) is -6.01. The average molecular weight is 772 g/mol. The van der Waals surface area contributed by atoms with Crippen molar-refractivity contribution in [1.82, 2.24) is 5.32 Å². The first-order valence-corrected chi connectivity index (χ1v) is 23.7. The molecule has 0 aliphatic heterocycles. The number of hydrogen-bond acceptors (Lipinski definition) is 5. The molecule has 2 atom stereocenters. The Morgan fingerprint density at radius 1 is 0.564 bits per heavy atom. The van der Waals surface area contributed by atoms with Crippen LogP contribution >= 0.6 is 0 Å². The molecule has 0 aromatic heterocycles. The monoisotopic (exact) mass is 771 g/mol. The van der Waals surface area contributed by atoms with Crippen molar-refractivity contribution in [2.75, 3.05) is 13.2 Å². The summed E-state index contributed by atoms with van der Waals surface area (Å²) in [5.41, 5.74) is 1.24. The van der Waals surface area contributed by atoms with E-state index in [0.29, 0.717) is 13.0 Å². The first-order valence-electron chi connectivity index (χ1n) is 19.9. The SMILES string of the molecule is CCOC(=O)CC(CC(CCNCc1ccccc1)O[Si](c1ccccc1)(c1ccccc1)C(C)(C)C)O[Si](c1ccccc1)(c1ccccc1)C(C)(C)C. The van der Waals surface area contributed by atoms with E-state index in [1.54, 1.807) is 0 Å². The highest BCUT2D eigenvalue weighted by Crippen LogP contribution is 2.41. The first kappa shape index (κ1) is 42.0. The minimum absolute atomic E-state index is 0.135. The summed E-state index contributed by atoms with van der Waals surface area (Å²) in [5, 5.41) is 8.03. The Kier molecular flexibility index (Phi) is 14.6. The summed E-state index contributed by atoms with van der Waals surface area (Å²) >= 11 is 0. The number of esters is 1. The zero-order valence-electron chi connectivity index (χ0n) is 34.0. The van der Waals surface area contributed by atoms with Gasteiger partial charge in [-0.05, 0) is 62.7 Å². The number of rotatable bonds is 18. The van der Waals surface area contributed by atoms with Crippen molar-refractivity contribution >= 4 is 43.4 Å². The van der Waals surface area contributed by atoms with Crippen LogP contribution in [0.15, 0.2) is 152 Å². The van der Waals surface area contributed by atoms with Crippen molar-refractivity contribution in [3.8, 4) is 0 Å². The molecule has 0 radical (unpaired) electrons. The fourth-order valence-electron chi connectivity index (χ4n) is 8.07. The zero-order valence-corrected chi connectivity index (χ0v) is 36.0. The van der Waals surface area contributed by atoms with Crippen molar-refractivity contribution in [3.63, 3.8) is 0 Å². The molecule has 5 aromatic rings. The van der Waals surface area contributed by atoms with Crippen molar-refractivity contribution in [3.05, 3.63) is 157 Å². The van der Waals surface area contributed by atoms with Gasteiger partial charge in [-0.3, -0.25) is 4.79 Å². The summed E-state index contributed by atoms with van der Waals surface area (Å²) in [4.78, 5) is 13.6. The molecule has 5 nitrogen and oxygen atoms in total. The van der Waals surface area contributed by atoms with E-state index >= 15 is 0 Å². The molecule has 55 heavy (non-hydrogen) atoms. The van der Waals surface area contributed by atoms with Crippen LogP contribution < -0.4 is 26.1 Å². The first-order chi connectivity index (χ1) is 26.4. The average Bonchev–Trinajstić information content (AvgIpc) is 3.18. The Balaban J connectivity index is 1.63. The van der Waals surface area contributed by atoms with E-state index in [1.807, 2.05) is 13.0 Å². The van der Waals surface area contributed by atoms with Crippen LogP contribution in [0.3, 0.4) is 0 Å². The molecule has 0 heterocycles. The summed E-state index contributed by atoms with van der Waals surface area (Å²) in [6, 6.07) is 53.5. The third-order valence-corrected chi connectivity index (χ3v) is 20.7. The lowest BCUT2D eigenvalue weighted by Gasteiger charge is -2.47. The minimum atomic E-state index is -3.04. The largest absolute Gasteiger partial charge is 0.466 e. The molecule has 5 aromatic carbocycles. The standard InChI is InChI=1S/C48H61NO4Si2/c1-8-51-46(50)37-41(53-55(48(5,6)7,44-30-20-12-21-31-44)45-32-22-13-23-33-45)36-40(34-35-49-38-39-24-14-9-15-25-39)52-54(47(2,3)4,42-26-16-10-17-27-42)43-28-18-11-19-29-43/h9-33,40-41,49H,8,34-38H2,1-7H3. The molecule has 0 aliphatic carbocycles. The second-order valence-electron chi connectivity index (χ2n) is 16.5. The molecule has 290 valence electrons. The highest BCUT2D eigenvalue weighted by molar-refractivity contribution is 7.00. The van der Waals surface area contributed by atoms with Gasteiger partial charge in [0.15, 0.2) is 0 Å². The number of carbonyl (C=O) groups is 1. The molecule has 0 fully saturated rings. The lowest BCUT2D eigenvalue weighted by atomic mass is 10.1. The van der Waals surface area contributed by atoms with Gasteiger partial charge in [-0.2, -0.15) is 0 Å². The second kappa shape index (κ2) is 19.2. The summed E-state index contributed by atoms with van der Waals surface area (Å²) in [6.45, 7) is 17.5. The topological polar surface area (TPSA) is 56.8 Å². The zero-order chi connectivity index (χ0) is 39.4. The number of nitrogens with one attached hydrogen (secondary N) is 1. The normalized spacial score (nSPS) is 13.6. The lowest BCUT2D eigenvalue weighted by Crippen LogP contribution is -2.69. The molecule has 1 N–H and O–H groups in total. The van der Waals surface area contributed by atoms with E-state index in [2.05, 4.69) is 192 Å². The van der Waals surface area contributed by atoms with Gasteiger partial charge in [0.25, 0.3) is 16.6 Å². The molecule has 0 bridgehead atoms. The van der Waals surface area contributed by atoms with Gasteiger partial charge in [0.1, 0.15) is 0 Å². The van der Waals surface area contributed by atoms with Gasteiger partial charge in [0, 0.05) is 12.6 Å². The maximum Gasteiger partial charge on any atom is 0.308 e. The van der Waals surface area contributed by atoms with Gasteiger partial charge >= 0.3 is 5.97 Å². The predicted molar refractivity (Wildman–Crippen MR) is 234 cm³/mol. The molecule has 5 rings (SSSR count). The Morgan fingerprint density at radius 2 is 0.927 bits per heavy atom. The minimum Gasteiger partial charge on any atom is -0.466 e. The van der Waals surface area contributed by atoms with Crippen LogP contribution in [0.25, 0.3) is 0 Å². The number of benzene rings is 5. The molecule has 0 saturated carbocycles. The van der Waals surface area contributed by atoms with Crippen molar-refractivity contribution in [2.45, 2.75) is 96.6 Å². The van der Waals surface area contributed by atoms with Gasteiger partial charge < -0.3 is 18.9 Å². The number of carbonyl (C=O) groups excluding carboxylic acids is 1. The van der Waals surface area contributed by atoms with Crippen LogP contribution in [0.4, 0.5) is 0 Å². The van der Waals surface area contributed by atoms with Crippen LogP contribution in [0.5, 0.6) is 0 Å². The summed E-state index contributed by atoms with van der Waals surface area (Å²) in [5.74, 6) is -0.253. The van der Waals surface area contributed by atoms with Crippen LogP contribution in [-0.4, -0.2) is 48.0 Å². The van der Waals surface area contributed by atoms with Crippen LogP contribution in [0.2, 0.25) is 10.1 Å². The smallest absolute Gasteiger partial charge is 0.308 e. The van der Waals surface area contributed by atoms with E-state index < -0.39 is 22.7 Å². The maximum atomic E-state index is 13.6. The van der Waals surface area contributed by atoms with Crippen molar-refractivity contribution in [1.29, 1.82) is 0 Å². The molecular weight excluding hydrogens is 711 g/mol. The van der Waals surface area contributed by atoms with Gasteiger partial charge in [-0.1, -0.05) is 193 Å². The van der Waals surface area contributed by atoms with Crippen LogP contribution in [-0.2, 0) is 24.9 Å². The van der Waals surface area contributed by atoms with Gasteiger partial charge in [0.05, 0.1) is 19.1 Å². The van der Waals surface area contributed by atoms with Crippen molar-refractivity contribution < 1.29 is 18.4 Å². The predicted octanol–water partition coefficient (Wildman–Crippen LogP) is 8.40. The molecule has 2 unspecified atom stereocenters. The Hall–Kier alpha value is -4.12. The molecule has 0 saturated heterocycles. The van der Waals surface area contributed by atoms with Gasteiger partial charge in [-0.15, -0.1) is 0 Å².